The quantitative estimate of drug-likeness (QED) is 0.101. The number of hydrogen-bond donors (Lipinski definition) is 1. The van der Waals surface area contributed by atoms with Crippen molar-refractivity contribution in [2.24, 2.45) is 0 Å². The first-order chi connectivity index (χ1) is 26.0. The molecule has 0 radical (unpaired) electrons. The van der Waals surface area contributed by atoms with Gasteiger partial charge in [0.15, 0.2) is 5.82 Å². The molecule has 2 aromatic carbocycles. The third-order valence-corrected chi connectivity index (χ3v) is 12.0. The molecule has 0 aliphatic carbocycles. The largest absolute Gasteiger partial charge is 0.461 e. The lowest BCUT2D eigenvalue weighted by Crippen LogP contribution is -2.71. The van der Waals surface area contributed by atoms with E-state index in [1.807, 2.05) is 4.90 Å². The van der Waals surface area contributed by atoms with E-state index in [2.05, 4.69) is 10.9 Å². The minimum Gasteiger partial charge on any atom is -0.461 e. The molecule has 4 saturated heterocycles. The van der Waals surface area contributed by atoms with Crippen LogP contribution in [0.25, 0.3) is 32.9 Å². The molecule has 7 heterocycles. The van der Waals surface area contributed by atoms with E-state index >= 15 is 17.6 Å². The average molecular weight is 762 g/mol. The summed E-state index contributed by atoms with van der Waals surface area (Å²) in [6.07, 6.45) is 4.83. The molecule has 4 aromatic rings. The first-order valence-corrected chi connectivity index (χ1v) is 18.6. The van der Waals surface area contributed by atoms with Gasteiger partial charge in [0.2, 0.25) is 11.6 Å². The number of pyridine rings is 1. The van der Waals surface area contributed by atoms with Crippen LogP contribution in [0.3, 0.4) is 0 Å². The van der Waals surface area contributed by atoms with E-state index in [0.717, 1.165) is 6.42 Å². The van der Waals surface area contributed by atoms with Crippen LogP contribution in [0.2, 0.25) is 0 Å². The molecule has 2 bridgehead atoms. The molecule has 15 heteroatoms. The SMILES string of the molecule is C#Cc1c(F)ccc2cc(N)cc(-c3nc4c5c(nc(OC[C@@]67CCCN6C[C@H](F)C7)nc5c3F)N3C[C@@]5(F)CC[C@@](F)([C@@H]3CC4)N5C(=O)OC(C)(C)C)c12. The van der Waals surface area contributed by atoms with Crippen molar-refractivity contribution < 1.29 is 36.2 Å². The number of ether oxygens (including phenoxy) is 2. The molecule has 55 heavy (non-hydrogen) atoms. The van der Waals surface area contributed by atoms with Crippen LogP contribution in [-0.4, -0.2) is 92.0 Å². The molecule has 5 aliphatic heterocycles. The highest BCUT2D eigenvalue weighted by atomic mass is 19.2. The smallest absolute Gasteiger partial charge is 0.415 e. The molecule has 2 N–H and O–H groups in total. The molecule has 0 unspecified atom stereocenters. The summed E-state index contributed by atoms with van der Waals surface area (Å²) in [7, 11) is 0. The van der Waals surface area contributed by atoms with Crippen molar-refractivity contribution in [2.45, 2.75) is 101 Å². The Morgan fingerprint density at radius 1 is 1.11 bits per heavy atom. The lowest BCUT2D eigenvalue weighted by Gasteiger charge is -2.52. The van der Waals surface area contributed by atoms with E-state index in [1.165, 1.54) is 23.1 Å². The van der Waals surface area contributed by atoms with Crippen LogP contribution in [-0.2, 0) is 11.2 Å². The van der Waals surface area contributed by atoms with Crippen LogP contribution in [0, 0.1) is 24.0 Å². The second-order valence-electron chi connectivity index (χ2n) is 16.6. The van der Waals surface area contributed by atoms with Crippen LogP contribution in [0.5, 0.6) is 6.01 Å². The number of rotatable bonds is 4. The Labute approximate surface area is 314 Å². The maximum atomic E-state index is 17.7. The van der Waals surface area contributed by atoms with E-state index in [1.54, 1.807) is 26.8 Å². The third-order valence-electron chi connectivity index (χ3n) is 12.0. The Bertz CT molecular complexity index is 2350. The van der Waals surface area contributed by atoms with Gasteiger partial charge < -0.3 is 20.1 Å². The standard InChI is InChI=1S/C40H40F5N7O3/c1-5-24-26(42)8-7-21-15-23(46)16-25(29(21)24)32-31(43)33-30-27(47-32)9-10-28-40(45)13-12-39(44,52(40)36(53)55-37(2,3)4)19-51(28)34(30)49-35(48-33)54-20-38-11-6-14-50(38)18-22(41)17-38/h1,7-8,15-16,22,28H,6,9-14,17-20,46H2,2-4H3/t22-,28+,38+,39-,40+/m1/s1. The molecule has 1 amide bonds. The van der Waals surface area contributed by atoms with Crippen molar-refractivity contribution in [2.75, 3.05) is 36.9 Å². The lowest BCUT2D eigenvalue weighted by molar-refractivity contribution is -0.133. The molecule has 0 spiro atoms. The van der Waals surface area contributed by atoms with E-state index < -0.39 is 59.2 Å². The Morgan fingerprint density at radius 2 is 1.91 bits per heavy atom. The Morgan fingerprint density at radius 3 is 2.67 bits per heavy atom. The summed E-state index contributed by atoms with van der Waals surface area (Å²) in [6.45, 7) is 5.34. The predicted molar refractivity (Wildman–Crippen MR) is 196 cm³/mol. The highest BCUT2D eigenvalue weighted by Gasteiger charge is 2.69. The summed E-state index contributed by atoms with van der Waals surface area (Å²) < 4.78 is 93.7. The number of fused-ring (bicyclic) bond motifs is 7. The van der Waals surface area contributed by atoms with Crippen molar-refractivity contribution in [3.8, 4) is 29.6 Å². The zero-order valence-corrected chi connectivity index (χ0v) is 30.7. The Hall–Kier alpha value is -4.97. The number of nitrogens with two attached hydrogens (primary N) is 1. The molecular formula is C40H40F5N7O3. The fraction of sp³-hybridized carbons (Fsp3) is 0.500. The number of carbonyl (C=O) groups excluding carboxylic acids is 1. The van der Waals surface area contributed by atoms with Gasteiger partial charge in [-0.15, -0.1) is 6.42 Å². The predicted octanol–water partition coefficient (Wildman–Crippen LogP) is 7.14. The molecule has 10 nitrogen and oxygen atoms in total. The number of halogens is 5. The number of terminal acetylenes is 1. The first-order valence-electron chi connectivity index (χ1n) is 18.6. The summed E-state index contributed by atoms with van der Waals surface area (Å²) in [5.74, 6) is -4.30. The van der Waals surface area contributed by atoms with Gasteiger partial charge in [0.05, 0.1) is 34.8 Å². The molecular weight excluding hydrogens is 721 g/mol. The Kier molecular flexibility index (Phi) is 7.80. The van der Waals surface area contributed by atoms with Crippen LogP contribution in [0.1, 0.15) is 70.6 Å². The number of piperazine rings is 1. The number of aromatic nitrogens is 3. The minimum absolute atomic E-state index is 0.00535. The van der Waals surface area contributed by atoms with E-state index in [-0.39, 0.29) is 102 Å². The first kappa shape index (κ1) is 35.7. The number of amides is 1. The number of anilines is 2. The molecule has 5 aliphatic rings. The topological polar surface area (TPSA) is 110 Å². The number of benzene rings is 2. The maximum absolute atomic E-state index is 17.7. The minimum atomic E-state index is -2.54. The number of aryl methyl sites for hydroxylation is 1. The zero-order valence-electron chi connectivity index (χ0n) is 30.7. The van der Waals surface area contributed by atoms with Crippen molar-refractivity contribution >= 4 is 39.3 Å². The highest BCUT2D eigenvalue weighted by Crippen LogP contribution is 2.55. The number of nitrogens with zero attached hydrogens (tertiary/aromatic N) is 6. The fourth-order valence-electron chi connectivity index (χ4n) is 9.77. The number of nitrogen functional groups attached to an aromatic ring is 1. The molecule has 5 atom stereocenters. The van der Waals surface area contributed by atoms with E-state index in [4.69, 9.17) is 31.6 Å². The maximum Gasteiger partial charge on any atom is 0.415 e. The van der Waals surface area contributed by atoms with Gasteiger partial charge in [-0.3, -0.25) is 4.90 Å². The normalized spacial score (nSPS) is 28.6. The van der Waals surface area contributed by atoms with Crippen molar-refractivity contribution in [3.05, 3.63) is 47.2 Å². The summed E-state index contributed by atoms with van der Waals surface area (Å²) in [5.41, 5.74) is 4.68. The molecule has 288 valence electrons. The van der Waals surface area contributed by atoms with Crippen LogP contribution < -0.4 is 15.4 Å². The van der Waals surface area contributed by atoms with Gasteiger partial charge in [-0.05, 0) is 76.6 Å². The van der Waals surface area contributed by atoms with Gasteiger partial charge in [-0.25, -0.2) is 36.6 Å². The Balaban J connectivity index is 1.24. The highest BCUT2D eigenvalue weighted by molar-refractivity contribution is 6.04. The van der Waals surface area contributed by atoms with E-state index in [0.29, 0.717) is 23.3 Å². The summed E-state index contributed by atoms with van der Waals surface area (Å²) >= 11 is 0. The second kappa shape index (κ2) is 12.0. The summed E-state index contributed by atoms with van der Waals surface area (Å²) in [5, 5.41) is 0.784. The number of hydrogen-bond acceptors (Lipinski definition) is 9. The van der Waals surface area contributed by atoms with Gasteiger partial charge >= 0.3 is 12.1 Å². The summed E-state index contributed by atoms with van der Waals surface area (Å²) in [6, 6.07) is 4.31. The zero-order chi connectivity index (χ0) is 38.8. The average Bonchev–Trinajstić information content (AvgIpc) is 3.66. The van der Waals surface area contributed by atoms with Crippen molar-refractivity contribution in [1.29, 1.82) is 0 Å². The van der Waals surface area contributed by atoms with Crippen molar-refractivity contribution in [1.82, 2.24) is 24.8 Å². The molecule has 0 saturated carbocycles. The van der Waals surface area contributed by atoms with Crippen LogP contribution >= 0.6 is 0 Å². The fourth-order valence-corrected chi connectivity index (χ4v) is 9.77. The monoisotopic (exact) mass is 761 g/mol. The lowest BCUT2D eigenvalue weighted by atomic mass is 9.94. The van der Waals surface area contributed by atoms with Gasteiger partial charge in [0.1, 0.15) is 41.2 Å². The van der Waals surface area contributed by atoms with Gasteiger partial charge in [-0.1, -0.05) is 12.0 Å². The van der Waals surface area contributed by atoms with Crippen molar-refractivity contribution in [3.63, 3.8) is 0 Å². The van der Waals surface area contributed by atoms with Gasteiger partial charge in [-0.2, -0.15) is 9.97 Å². The van der Waals surface area contributed by atoms with Gasteiger partial charge in [0.25, 0.3) is 0 Å². The van der Waals surface area contributed by atoms with Crippen LogP contribution in [0.4, 0.5) is 38.3 Å². The van der Waals surface area contributed by atoms with E-state index in [9.17, 15) is 9.18 Å². The van der Waals surface area contributed by atoms with Crippen LogP contribution in [0.15, 0.2) is 24.3 Å². The summed E-state index contributed by atoms with van der Waals surface area (Å²) in [4.78, 5) is 31.6. The second-order valence-corrected chi connectivity index (χ2v) is 16.6. The number of alkyl halides is 3. The molecule has 9 rings (SSSR count). The number of carbonyl (C=O) groups is 1. The molecule has 4 fully saturated rings. The third kappa shape index (κ3) is 5.38. The van der Waals surface area contributed by atoms with Gasteiger partial charge in [0, 0.05) is 42.4 Å². The molecule has 2 aromatic heterocycles.